The Kier molecular flexibility index (Phi) is 5.27. The standard InChI is InChI=1S/C19H18N4O2S.ClH/c1-2-17-18(21-5-1)22-19(26-17)25-14-3-4-15-13(12-24-16(15)10-14)11-23-8-6-20-7-9-23;/h1-5,10,12,20H,6-9,11H2;1H. The number of furan rings is 1. The van der Waals surface area contributed by atoms with Crippen molar-refractivity contribution in [3.63, 3.8) is 0 Å². The number of piperazine rings is 1. The molecule has 0 spiro atoms. The monoisotopic (exact) mass is 402 g/mol. The van der Waals surface area contributed by atoms with Crippen LogP contribution in [0.3, 0.4) is 0 Å². The Morgan fingerprint density at radius 2 is 2.11 bits per heavy atom. The predicted molar refractivity (Wildman–Crippen MR) is 109 cm³/mol. The van der Waals surface area contributed by atoms with E-state index in [0.717, 1.165) is 54.1 Å². The molecule has 1 N–H and O–H groups in total. The molecular weight excluding hydrogens is 384 g/mol. The van der Waals surface area contributed by atoms with Gasteiger partial charge in [0.15, 0.2) is 5.65 Å². The topological polar surface area (TPSA) is 63.4 Å². The Hall–Kier alpha value is -2.19. The van der Waals surface area contributed by atoms with Gasteiger partial charge in [-0.05, 0) is 24.3 Å². The Bertz CT molecular complexity index is 1030. The molecule has 8 heteroatoms. The van der Waals surface area contributed by atoms with Gasteiger partial charge in [0, 0.05) is 55.9 Å². The molecular formula is C19H19ClN4O2S. The third-order valence-corrected chi connectivity index (χ3v) is 5.47. The number of halogens is 1. The second kappa shape index (κ2) is 7.82. The molecule has 0 bridgehead atoms. The first kappa shape index (κ1) is 18.2. The van der Waals surface area contributed by atoms with Gasteiger partial charge in [0.1, 0.15) is 11.3 Å². The van der Waals surface area contributed by atoms with Gasteiger partial charge in [0.25, 0.3) is 5.19 Å². The van der Waals surface area contributed by atoms with Gasteiger partial charge in [-0.15, -0.1) is 12.4 Å². The third kappa shape index (κ3) is 3.77. The van der Waals surface area contributed by atoms with Crippen LogP contribution in [0, 0.1) is 0 Å². The number of rotatable bonds is 4. The highest BCUT2D eigenvalue weighted by molar-refractivity contribution is 7.20. The van der Waals surface area contributed by atoms with E-state index in [4.69, 9.17) is 9.15 Å². The van der Waals surface area contributed by atoms with E-state index < -0.39 is 0 Å². The van der Waals surface area contributed by atoms with Crippen LogP contribution in [0.15, 0.2) is 47.2 Å². The number of pyridine rings is 1. The lowest BCUT2D eigenvalue weighted by Crippen LogP contribution is -2.42. The van der Waals surface area contributed by atoms with Crippen LogP contribution in [0.2, 0.25) is 0 Å². The molecule has 1 aliphatic heterocycles. The fourth-order valence-electron chi connectivity index (χ4n) is 3.25. The second-order valence-corrected chi connectivity index (χ2v) is 7.35. The summed E-state index contributed by atoms with van der Waals surface area (Å²) >= 11 is 1.49. The van der Waals surface area contributed by atoms with Crippen molar-refractivity contribution in [3.8, 4) is 10.9 Å². The fraction of sp³-hybridized carbons (Fsp3) is 0.263. The van der Waals surface area contributed by atoms with E-state index in [1.54, 1.807) is 6.20 Å². The average Bonchev–Trinajstić information content (AvgIpc) is 3.26. The first-order valence-electron chi connectivity index (χ1n) is 8.68. The molecule has 0 atom stereocenters. The predicted octanol–water partition coefficient (Wildman–Crippen LogP) is 4.06. The van der Waals surface area contributed by atoms with Crippen LogP contribution in [0.4, 0.5) is 0 Å². The third-order valence-electron chi connectivity index (χ3n) is 4.58. The van der Waals surface area contributed by atoms with Gasteiger partial charge in [-0.1, -0.05) is 11.3 Å². The Morgan fingerprint density at radius 1 is 1.22 bits per heavy atom. The molecule has 4 aromatic rings. The van der Waals surface area contributed by atoms with E-state index in [9.17, 15) is 0 Å². The molecule has 140 valence electrons. The van der Waals surface area contributed by atoms with Gasteiger partial charge >= 0.3 is 0 Å². The number of hydrogen-bond acceptors (Lipinski definition) is 7. The van der Waals surface area contributed by atoms with Crippen LogP contribution < -0.4 is 10.1 Å². The smallest absolute Gasteiger partial charge is 0.281 e. The van der Waals surface area contributed by atoms with E-state index in [1.165, 1.54) is 16.9 Å². The molecule has 0 radical (unpaired) electrons. The van der Waals surface area contributed by atoms with E-state index in [0.29, 0.717) is 10.8 Å². The van der Waals surface area contributed by atoms with Crippen LogP contribution in [0.1, 0.15) is 5.56 Å². The summed E-state index contributed by atoms with van der Waals surface area (Å²) in [4.78, 5) is 11.1. The largest absolute Gasteiger partial charge is 0.464 e. The van der Waals surface area contributed by atoms with Crippen molar-refractivity contribution in [1.82, 2.24) is 20.2 Å². The van der Waals surface area contributed by atoms with Gasteiger partial charge in [0.2, 0.25) is 0 Å². The lowest BCUT2D eigenvalue weighted by molar-refractivity contribution is 0.233. The van der Waals surface area contributed by atoms with E-state index in [1.807, 2.05) is 30.5 Å². The van der Waals surface area contributed by atoms with Crippen LogP contribution in [0.5, 0.6) is 10.9 Å². The van der Waals surface area contributed by atoms with E-state index in [-0.39, 0.29) is 12.4 Å². The van der Waals surface area contributed by atoms with E-state index >= 15 is 0 Å². The van der Waals surface area contributed by atoms with Gasteiger partial charge in [-0.25, -0.2) is 4.98 Å². The first-order valence-corrected chi connectivity index (χ1v) is 9.49. The zero-order valence-corrected chi connectivity index (χ0v) is 16.2. The molecule has 3 aromatic heterocycles. The molecule has 1 aliphatic rings. The quantitative estimate of drug-likeness (QED) is 0.555. The van der Waals surface area contributed by atoms with Gasteiger partial charge < -0.3 is 14.5 Å². The summed E-state index contributed by atoms with van der Waals surface area (Å²) < 4.78 is 12.7. The zero-order chi connectivity index (χ0) is 17.3. The normalized spacial score (nSPS) is 15.1. The summed E-state index contributed by atoms with van der Waals surface area (Å²) in [6.45, 7) is 5.15. The lowest BCUT2D eigenvalue weighted by atomic mass is 10.1. The number of aromatic nitrogens is 2. The number of ether oxygens (including phenoxy) is 1. The highest BCUT2D eigenvalue weighted by Crippen LogP contribution is 2.33. The van der Waals surface area contributed by atoms with Crippen LogP contribution in [-0.4, -0.2) is 41.0 Å². The molecule has 27 heavy (non-hydrogen) atoms. The number of nitrogens with zero attached hydrogens (tertiary/aromatic N) is 3. The van der Waals surface area contributed by atoms with Crippen molar-refractivity contribution in [1.29, 1.82) is 0 Å². The molecule has 1 fully saturated rings. The number of fused-ring (bicyclic) bond motifs is 2. The molecule has 6 nitrogen and oxygen atoms in total. The summed E-state index contributed by atoms with van der Waals surface area (Å²) in [5, 5.41) is 5.11. The number of hydrogen-bond donors (Lipinski definition) is 1. The minimum Gasteiger partial charge on any atom is -0.464 e. The maximum absolute atomic E-state index is 5.92. The van der Waals surface area contributed by atoms with E-state index in [2.05, 4.69) is 26.3 Å². The summed E-state index contributed by atoms with van der Waals surface area (Å²) in [6, 6.07) is 9.86. The molecule has 1 aromatic carbocycles. The minimum absolute atomic E-state index is 0. The molecule has 0 aliphatic carbocycles. The number of nitrogens with one attached hydrogen (secondary N) is 1. The first-order chi connectivity index (χ1) is 12.8. The van der Waals surface area contributed by atoms with Crippen molar-refractivity contribution in [2.24, 2.45) is 0 Å². The maximum atomic E-state index is 5.92. The van der Waals surface area contributed by atoms with Crippen LogP contribution in [0.25, 0.3) is 21.3 Å². The highest BCUT2D eigenvalue weighted by Gasteiger charge is 2.14. The van der Waals surface area contributed by atoms with Gasteiger partial charge in [-0.3, -0.25) is 4.90 Å². The minimum atomic E-state index is 0. The fourth-order valence-corrected chi connectivity index (χ4v) is 4.05. The molecule has 1 saturated heterocycles. The number of thiazole rings is 1. The highest BCUT2D eigenvalue weighted by atomic mass is 35.5. The van der Waals surface area contributed by atoms with Crippen molar-refractivity contribution in [2.75, 3.05) is 26.2 Å². The molecule has 0 amide bonds. The van der Waals surface area contributed by atoms with Crippen LogP contribution in [-0.2, 0) is 6.54 Å². The van der Waals surface area contributed by atoms with Crippen LogP contribution >= 0.6 is 23.7 Å². The van der Waals surface area contributed by atoms with Crippen molar-refractivity contribution >= 4 is 45.1 Å². The SMILES string of the molecule is Cl.c1cnc2nc(Oc3ccc4c(CN5CCNCC5)coc4c3)sc2c1. The zero-order valence-electron chi connectivity index (χ0n) is 14.6. The summed E-state index contributed by atoms with van der Waals surface area (Å²) in [7, 11) is 0. The summed E-state index contributed by atoms with van der Waals surface area (Å²) in [6.07, 6.45) is 3.60. The Labute approximate surface area is 166 Å². The number of benzene rings is 1. The van der Waals surface area contributed by atoms with Crippen molar-refractivity contribution in [2.45, 2.75) is 6.54 Å². The second-order valence-electron chi connectivity index (χ2n) is 6.35. The Balaban J connectivity index is 0.00000180. The lowest BCUT2D eigenvalue weighted by Gasteiger charge is -2.26. The molecule has 0 unspecified atom stereocenters. The summed E-state index contributed by atoms with van der Waals surface area (Å²) in [5.74, 6) is 0.722. The summed E-state index contributed by atoms with van der Waals surface area (Å²) in [5.41, 5.74) is 2.77. The molecule has 4 heterocycles. The van der Waals surface area contributed by atoms with Gasteiger partial charge in [-0.2, -0.15) is 4.98 Å². The van der Waals surface area contributed by atoms with Crippen molar-refractivity contribution in [3.05, 3.63) is 48.4 Å². The van der Waals surface area contributed by atoms with Crippen molar-refractivity contribution < 1.29 is 9.15 Å². The Morgan fingerprint density at radius 3 is 2.96 bits per heavy atom. The maximum Gasteiger partial charge on any atom is 0.281 e. The molecule has 0 saturated carbocycles. The molecule has 5 rings (SSSR count). The van der Waals surface area contributed by atoms with Gasteiger partial charge in [0.05, 0.1) is 11.0 Å². The average molecular weight is 403 g/mol.